The number of rotatable bonds is 4. The lowest BCUT2D eigenvalue weighted by Gasteiger charge is -2.10. The molecule has 21 heavy (non-hydrogen) atoms. The zero-order chi connectivity index (χ0) is 15.4. The summed E-state index contributed by atoms with van der Waals surface area (Å²) in [6, 6.07) is 9.99. The molecule has 0 aliphatic rings. The molecule has 0 saturated heterocycles. The molecular weight excluding hydrogens is 290 g/mol. The molecule has 5 heteroatoms. The van der Waals surface area contributed by atoms with E-state index in [0.29, 0.717) is 17.1 Å². The number of ether oxygens (including phenoxy) is 1. The van der Waals surface area contributed by atoms with Gasteiger partial charge in [-0.15, -0.1) is 0 Å². The minimum Gasteiger partial charge on any atom is -0.459 e. The average Bonchev–Trinajstić information content (AvgIpc) is 2.42. The smallest absolute Gasteiger partial charge is 0.338 e. The Balaban J connectivity index is 2.23. The summed E-state index contributed by atoms with van der Waals surface area (Å²) in [6.45, 7) is 3.95. The van der Waals surface area contributed by atoms with Gasteiger partial charge >= 0.3 is 5.97 Å². The number of carbonyl (C=O) groups excluding carboxylic acids is 1. The van der Waals surface area contributed by atoms with Crippen molar-refractivity contribution in [2.45, 2.75) is 26.5 Å². The van der Waals surface area contributed by atoms with E-state index in [2.05, 4.69) is 0 Å². The van der Waals surface area contributed by atoms with Crippen LogP contribution in [0.4, 0.5) is 0 Å². The maximum atomic E-state index is 11.9. The Labute approximate surface area is 127 Å². The molecule has 0 fully saturated rings. The van der Waals surface area contributed by atoms with Crippen LogP contribution in [0.25, 0.3) is 0 Å². The third-order valence-electron chi connectivity index (χ3n) is 2.81. The van der Waals surface area contributed by atoms with E-state index >= 15 is 0 Å². The Kier molecular flexibility index (Phi) is 4.81. The van der Waals surface area contributed by atoms with Crippen LogP contribution >= 0.6 is 11.6 Å². The number of carbonyl (C=O) groups is 1. The molecule has 0 unspecified atom stereocenters. The highest BCUT2D eigenvalue weighted by atomic mass is 35.5. The number of aromatic nitrogens is 1. The first-order valence-electron chi connectivity index (χ1n) is 6.61. The van der Waals surface area contributed by atoms with Crippen LogP contribution in [-0.2, 0) is 11.3 Å². The summed E-state index contributed by atoms with van der Waals surface area (Å²) in [7, 11) is 0. The van der Waals surface area contributed by atoms with Gasteiger partial charge in [-0.05, 0) is 37.6 Å². The van der Waals surface area contributed by atoms with Crippen molar-refractivity contribution in [2.24, 2.45) is 0 Å². The zero-order valence-corrected chi connectivity index (χ0v) is 12.6. The molecule has 0 spiro atoms. The minimum absolute atomic E-state index is 0.144. The van der Waals surface area contributed by atoms with E-state index in [9.17, 15) is 9.59 Å². The van der Waals surface area contributed by atoms with Crippen LogP contribution in [0.2, 0.25) is 5.02 Å². The summed E-state index contributed by atoms with van der Waals surface area (Å²) >= 11 is 5.89. The van der Waals surface area contributed by atoms with Gasteiger partial charge in [0.1, 0.15) is 0 Å². The fraction of sp³-hybridized carbons (Fsp3) is 0.250. The standard InChI is InChI=1S/C16H16ClNO3/c1-11(2)21-16(20)13-5-3-4-12(8-13)9-18-10-14(17)6-7-15(18)19/h3-8,10-11H,9H2,1-2H3. The molecule has 0 bridgehead atoms. The number of hydrogen-bond donors (Lipinski definition) is 0. The van der Waals surface area contributed by atoms with Crippen molar-refractivity contribution in [1.29, 1.82) is 0 Å². The van der Waals surface area contributed by atoms with E-state index in [1.165, 1.54) is 10.6 Å². The molecule has 2 rings (SSSR count). The molecule has 110 valence electrons. The van der Waals surface area contributed by atoms with Crippen molar-refractivity contribution in [3.63, 3.8) is 0 Å². The molecular formula is C16H16ClNO3. The van der Waals surface area contributed by atoms with Crippen molar-refractivity contribution >= 4 is 17.6 Å². The van der Waals surface area contributed by atoms with E-state index in [4.69, 9.17) is 16.3 Å². The molecule has 0 aliphatic heterocycles. The molecule has 1 aromatic carbocycles. The molecule has 1 heterocycles. The van der Waals surface area contributed by atoms with Gasteiger partial charge in [-0.2, -0.15) is 0 Å². The summed E-state index contributed by atoms with van der Waals surface area (Å²) in [5, 5.41) is 0.491. The maximum Gasteiger partial charge on any atom is 0.338 e. The number of nitrogens with zero attached hydrogens (tertiary/aromatic N) is 1. The van der Waals surface area contributed by atoms with E-state index < -0.39 is 0 Å². The summed E-state index contributed by atoms with van der Waals surface area (Å²) in [4.78, 5) is 23.6. The van der Waals surface area contributed by atoms with Crippen LogP contribution in [0.15, 0.2) is 47.4 Å². The van der Waals surface area contributed by atoms with Gasteiger partial charge in [-0.3, -0.25) is 4.79 Å². The van der Waals surface area contributed by atoms with Gasteiger partial charge in [-0.1, -0.05) is 23.7 Å². The second-order valence-corrected chi connectivity index (χ2v) is 5.40. The molecule has 2 aromatic rings. The fourth-order valence-electron chi connectivity index (χ4n) is 1.90. The van der Waals surface area contributed by atoms with Gasteiger partial charge in [0, 0.05) is 12.3 Å². The topological polar surface area (TPSA) is 48.3 Å². The van der Waals surface area contributed by atoms with Gasteiger partial charge in [0.2, 0.25) is 0 Å². The SMILES string of the molecule is CC(C)OC(=O)c1cccc(Cn2cc(Cl)ccc2=O)c1. The molecule has 0 radical (unpaired) electrons. The summed E-state index contributed by atoms with van der Waals surface area (Å²) in [5.74, 6) is -0.370. The highest BCUT2D eigenvalue weighted by Gasteiger charge is 2.10. The van der Waals surface area contributed by atoms with Crippen LogP contribution < -0.4 is 5.56 Å². The highest BCUT2D eigenvalue weighted by Crippen LogP contribution is 2.10. The normalized spacial score (nSPS) is 10.7. The maximum absolute atomic E-state index is 11.9. The number of benzene rings is 1. The predicted molar refractivity (Wildman–Crippen MR) is 81.8 cm³/mol. The Hall–Kier alpha value is -2.07. The Morgan fingerprint density at radius 2 is 2.05 bits per heavy atom. The summed E-state index contributed by atoms with van der Waals surface area (Å²) in [5.41, 5.74) is 1.16. The molecule has 0 N–H and O–H groups in total. The van der Waals surface area contributed by atoms with Crippen molar-refractivity contribution in [1.82, 2.24) is 4.57 Å². The third-order valence-corrected chi connectivity index (χ3v) is 3.03. The van der Waals surface area contributed by atoms with Gasteiger partial charge in [0.25, 0.3) is 5.56 Å². The lowest BCUT2D eigenvalue weighted by molar-refractivity contribution is 0.0378. The van der Waals surface area contributed by atoms with Crippen molar-refractivity contribution in [3.05, 3.63) is 69.1 Å². The zero-order valence-electron chi connectivity index (χ0n) is 11.9. The number of esters is 1. The molecule has 1 aromatic heterocycles. The molecule has 0 atom stereocenters. The van der Waals surface area contributed by atoms with Crippen LogP contribution in [0, 0.1) is 0 Å². The second kappa shape index (κ2) is 6.59. The second-order valence-electron chi connectivity index (χ2n) is 4.97. The quantitative estimate of drug-likeness (QED) is 0.815. The van der Waals surface area contributed by atoms with E-state index in [1.807, 2.05) is 6.07 Å². The van der Waals surface area contributed by atoms with Gasteiger partial charge in [0.15, 0.2) is 0 Å². The van der Waals surface area contributed by atoms with Crippen LogP contribution in [0.1, 0.15) is 29.8 Å². The van der Waals surface area contributed by atoms with Crippen molar-refractivity contribution < 1.29 is 9.53 Å². The first-order valence-corrected chi connectivity index (χ1v) is 6.99. The van der Waals surface area contributed by atoms with Crippen molar-refractivity contribution in [2.75, 3.05) is 0 Å². The molecule has 0 saturated carbocycles. The average molecular weight is 306 g/mol. The molecule has 0 amide bonds. The molecule has 4 nitrogen and oxygen atoms in total. The van der Waals surface area contributed by atoms with Gasteiger partial charge in [-0.25, -0.2) is 4.79 Å². The summed E-state index contributed by atoms with van der Waals surface area (Å²) < 4.78 is 6.65. The molecule has 0 aliphatic carbocycles. The van der Waals surface area contributed by atoms with Gasteiger partial charge in [0.05, 0.1) is 23.2 Å². The van der Waals surface area contributed by atoms with Crippen LogP contribution in [0.5, 0.6) is 0 Å². The fourth-order valence-corrected chi connectivity index (χ4v) is 2.08. The Bertz CT molecular complexity index is 707. The van der Waals surface area contributed by atoms with E-state index in [0.717, 1.165) is 5.56 Å². The predicted octanol–water partition coefficient (Wildman–Crippen LogP) is 3.12. The number of halogens is 1. The number of hydrogen-bond acceptors (Lipinski definition) is 3. The lowest BCUT2D eigenvalue weighted by Crippen LogP contribution is -2.19. The van der Waals surface area contributed by atoms with Crippen LogP contribution in [0.3, 0.4) is 0 Å². The Morgan fingerprint density at radius 1 is 1.29 bits per heavy atom. The monoisotopic (exact) mass is 305 g/mol. The Morgan fingerprint density at radius 3 is 2.76 bits per heavy atom. The third kappa shape index (κ3) is 4.20. The van der Waals surface area contributed by atoms with Crippen LogP contribution in [-0.4, -0.2) is 16.6 Å². The van der Waals surface area contributed by atoms with E-state index in [1.54, 1.807) is 44.3 Å². The van der Waals surface area contributed by atoms with Gasteiger partial charge < -0.3 is 9.30 Å². The first-order chi connectivity index (χ1) is 9.95. The minimum atomic E-state index is -0.370. The highest BCUT2D eigenvalue weighted by molar-refractivity contribution is 6.30. The first kappa shape index (κ1) is 15.3. The van der Waals surface area contributed by atoms with Crippen molar-refractivity contribution in [3.8, 4) is 0 Å². The lowest BCUT2D eigenvalue weighted by atomic mass is 10.1. The van der Waals surface area contributed by atoms with E-state index in [-0.39, 0.29) is 17.6 Å². The summed E-state index contributed by atoms with van der Waals surface area (Å²) in [6.07, 6.45) is 1.40. The largest absolute Gasteiger partial charge is 0.459 e. The number of pyridine rings is 1.